The fraction of sp³-hybridized carbons (Fsp3) is 0.357. The number of rotatable bonds is 13. The first-order chi connectivity index (χ1) is 18.6. The molecule has 0 bridgehead atoms. The Bertz CT molecular complexity index is 1310. The third-order valence-electron chi connectivity index (χ3n) is 5.98. The van der Waals surface area contributed by atoms with Crippen molar-refractivity contribution < 1.29 is 28.4 Å². The number of hydrogen-bond acceptors (Lipinski definition) is 10. The maximum absolute atomic E-state index is 5.57. The smallest absolute Gasteiger partial charge is 0.204 e. The first-order valence-corrected chi connectivity index (χ1v) is 14.2. The number of nitrogens with zero attached hydrogens (tertiary/aromatic N) is 2. The zero-order valence-electron chi connectivity index (χ0n) is 22.5. The molecule has 0 N–H and O–H groups in total. The lowest BCUT2D eigenvalue weighted by atomic mass is 10.1. The molecule has 4 aromatic rings. The van der Waals surface area contributed by atoms with Gasteiger partial charge < -0.3 is 28.4 Å². The average Bonchev–Trinajstić information content (AvgIpc) is 2.96. The number of benzene rings is 2. The molecule has 2 heterocycles. The summed E-state index contributed by atoms with van der Waals surface area (Å²) < 4.78 is 33.0. The summed E-state index contributed by atoms with van der Waals surface area (Å²) in [6.45, 7) is 0. The van der Waals surface area contributed by atoms with Crippen LogP contribution < -0.4 is 28.4 Å². The highest BCUT2D eigenvalue weighted by Crippen LogP contribution is 2.44. The maximum Gasteiger partial charge on any atom is 0.204 e. The van der Waals surface area contributed by atoms with Gasteiger partial charge in [-0.25, -0.2) is 0 Å². The van der Waals surface area contributed by atoms with E-state index in [1.165, 1.54) is 0 Å². The highest BCUT2D eigenvalue weighted by Gasteiger charge is 2.18. The molecule has 0 fully saturated rings. The number of methoxy groups -OCH3 is 6. The van der Waals surface area contributed by atoms with Crippen molar-refractivity contribution >= 4 is 45.3 Å². The van der Waals surface area contributed by atoms with Crippen molar-refractivity contribution in [2.45, 2.75) is 11.5 Å². The summed E-state index contributed by atoms with van der Waals surface area (Å²) in [7, 11) is 9.67. The van der Waals surface area contributed by atoms with E-state index in [0.717, 1.165) is 56.2 Å². The van der Waals surface area contributed by atoms with Crippen LogP contribution in [0.4, 0.5) is 0 Å². The number of pyridine rings is 2. The van der Waals surface area contributed by atoms with Crippen molar-refractivity contribution in [1.29, 1.82) is 0 Å². The molecule has 38 heavy (non-hydrogen) atoms. The molecular formula is C28H32N2O6S2. The van der Waals surface area contributed by atoms with Crippen LogP contribution in [0.25, 0.3) is 21.8 Å². The Morgan fingerprint density at radius 1 is 0.526 bits per heavy atom. The number of thioether (sulfide) groups is 2. The second-order valence-electron chi connectivity index (χ2n) is 8.13. The Labute approximate surface area is 231 Å². The molecule has 2 aromatic carbocycles. The van der Waals surface area contributed by atoms with Crippen molar-refractivity contribution in [3.8, 4) is 34.5 Å². The van der Waals surface area contributed by atoms with Crippen LogP contribution in [0.5, 0.6) is 34.5 Å². The van der Waals surface area contributed by atoms with Gasteiger partial charge in [-0.15, -0.1) is 0 Å². The lowest BCUT2D eigenvalue weighted by molar-refractivity contribution is 0.327. The zero-order valence-corrected chi connectivity index (χ0v) is 24.1. The normalized spacial score (nSPS) is 11.0. The van der Waals surface area contributed by atoms with Gasteiger partial charge in [-0.2, -0.15) is 23.5 Å². The van der Waals surface area contributed by atoms with E-state index in [2.05, 4.69) is 0 Å². The topological polar surface area (TPSA) is 81.2 Å². The predicted molar refractivity (Wildman–Crippen MR) is 155 cm³/mol. The fourth-order valence-electron chi connectivity index (χ4n) is 4.21. The van der Waals surface area contributed by atoms with E-state index in [9.17, 15) is 0 Å². The van der Waals surface area contributed by atoms with Crippen molar-refractivity contribution in [2.24, 2.45) is 0 Å². The Balaban J connectivity index is 1.34. The quantitative estimate of drug-likeness (QED) is 0.183. The van der Waals surface area contributed by atoms with Gasteiger partial charge in [0.05, 0.1) is 65.1 Å². The van der Waals surface area contributed by atoms with Gasteiger partial charge >= 0.3 is 0 Å². The van der Waals surface area contributed by atoms with Crippen LogP contribution in [0, 0.1) is 0 Å². The first kappa shape index (κ1) is 27.8. The van der Waals surface area contributed by atoms with E-state index in [1.807, 2.05) is 59.9 Å². The summed E-state index contributed by atoms with van der Waals surface area (Å²) in [5.74, 6) is 7.26. The second kappa shape index (κ2) is 13.0. The lowest BCUT2D eigenvalue weighted by Gasteiger charge is -2.15. The van der Waals surface area contributed by atoms with E-state index in [1.54, 1.807) is 42.7 Å². The molecule has 10 heteroatoms. The van der Waals surface area contributed by atoms with E-state index < -0.39 is 0 Å². The third kappa shape index (κ3) is 5.76. The summed E-state index contributed by atoms with van der Waals surface area (Å²) in [6, 6.07) is 11.9. The number of fused-ring (bicyclic) bond motifs is 2. The molecule has 0 saturated carbocycles. The first-order valence-electron chi connectivity index (χ1n) is 11.9. The third-order valence-corrected chi connectivity index (χ3v) is 8.22. The summed E-state index contributed by atoms with van der Waals surface area (Å²) in [4.78, 5) is 9.64. The number of ether oxygens (including phenoxy) is 6. The highest BCUT2D eigenvalue weighted by atomic mass is 32.2. The molecule has 0 saturated heterocycles. The van der Waals surface area contributed by atoms with Crippen LogP contribution in [0.2, 0.25) is 0 Å². The molecule has 0 amide bonds. The lowest BCUT2D eigenvalue weighted by Crippen LogP contribution is -1.98. The molecule has 0 radical (unpaired) electrons. The van der Waals surface area contributed by atoms with Crippen LogP contribution in [-0.4, -0.2) is 64.1 Å². The van der Waals surface area contributed by atoms with E-state index in [4.69, 9.17) is 38.4 Å². The molecule has 0 aliphatic heterocycles. The molecule has 0 aliphatic rings. The molecule has 0 spiro atoms. The zero-order chi connectivity index (χ0) is 27.1. The van der Waals surface area contributed by atoms with Crippen LogP contribution in [-0.2, 0) is 11.5 Å². The van der Waals surface area contributed by atoms with Crippen molar-refractivity contribution in [3.63, 3.8) is 0 Å². The largest absolute Gasteiger partial charge is 0.493 e. The van der Waals surface area contributed by atoms with Crippen LogP contribution in [0.15, 0.2) is 36.4 Å². The highest BCUT2D eigenvalue weighted by molar-refractivity contribution is 8.02. The van der Waals surface area contributed by atoms with Crippen LogP contribution in [0.3, 0.4) is 0 Å². The molecule has 0 unspecified atom stereocenters. The molecule has 2 aromatic heterocycles. The number of hydrogen-bond donors (Lipinski definition) is 0. The van der Waals surface area contributed by atoms with Gasteiger partial charge in [-0.1, -0.05) is 0 Å². The van der Waals surface area contributed by atoms with Gasteiger partial charge in [0.25, 0.3) is 0 Å². The summed E-state index contributed by atoms with van der Waals surface area (Å²) in [6.07, 6.45) is 0. The van der Waals surface area contributed by atoms with Crippen molar-refractivity contribution in [2.75, 3.05) is 54.2 Å². The van der Waals surface area contributed by atoms with Gasteiger partial charge in [0.15, 0.2) is 23.0 Å². The van der Waals surface area contributed by atoms with Gasteiger partial charge in [0.1, 0.15) is 0 Å². The molecule has 202 valence electrons. The summed E-state index contributed by atoms with van der Waals surface area (Å²) >= 11 is 3.71. The molecular weight excluding hydrogens is 524 g/mol. The van der Waals surface area contributed by atoms with Crippen LogP contribution in [0.1, 0.15) is 11.4 Å². The van der Waals surface area contributed by atoms with E-state index >= 15 is 0 Å². The minimum absolute atomic E-state index is 0.572. The van der Waals surface area contributed by atoms with Gasteiger partial charge in [0.2, 0.25) is 11.5 Å². The molecule has 4 rings (SSSR count). The van der Waals surface area contributed by atoms with Crippen molar-refractivity contribution in [3.05, 3.63) is 47.8 Å². The Kier molecular flexibility index (Phi) is 9.52. The Morgan fingerprint density at radius 3 is 1.26 bits per heavy atom. The Morgan fingerprint density at radius 2 is 0.921 bits per heavy atom. The maximum atomic E-state index is 5.57. The fourth-order valence-corrected chi connectivity index (χ4v) is 6.18. The van der Waals surface area contributed by atoms with Gasteiger partial charge in [0, 0.05) is 45.9 Å². The molecule has 0 atom stereocenters. The summed E-state index contributed by atoms with van der Waals surface area (Å²) in [5.41, 5.74) is 3.66. The van der Waals surface area contributed by atoms with Gasteiger partial charge in [-0.05, 0) is 24.3 Å². The SMILES string of the molecule is COc1cc2nc(CSCCSCc3ccc4c(OC)c(OC)c(OC)cc4n3)ccc2c(OC)c1OC. The molecule has 8 nitrogen and oxygen atoms in total. The predicted octanol–water partition coefficient (Wildman–Crippen LogP) is 6.00. The number of aromatic nitrogens is 2. The second-order valence-corrected chi connectivity index (χ2v) is 10.3. The minimum Gasteiger partial charge on any atom is -0.493 e. The monoisotopic (exact) mass is 556 g/mol. The Hall–Kier alpha value is -3.24. The van der Waals surface area contributed by atoms with Crippen molar-refractivity contribution in [1.82, 2.24) is 9.97 Å². The molecule has 0 aliphatic carbocycles. The van der Waals surface area contributed by atoms with E-state index in [0.29, 0.717) is 34.5 Å². The van der Waals surface area contributed by atoms with Gasteiger partial charge in [-0.3, -0.25) is 9.97 Å². The van der Waals surface area contributed by atoms with Crippen LogP contribution >= 0.6 is 23.5 Å². The standard InChI is InChI=1S/C28H32N2O6S2/c1-31-23-13-21-19(25(33-3)27(23)35-5)9-7-17(29-21)15-37-11-12-38-16-18-8-10-20-22(30-18)14-24(32-2)28(36-6)26(20)34-4/h7-10,13-14H,11-12,15-16H2,1-6H3. The average molecular weight is 557 g/mol. The summed E-state index contributed by atoms with van der Waals surface area (Å²) in [5, 5.41) is 1.79. The minimum atomic E-state index is 0.572. The van der Waals surface area contributed by atoms with E-state index in [-0.39, 0.29) is 0 Å².